The maximum atomic E-state index is 12.6. The standard InChI is InChI=1S/C18H25N5O2S/c1-13-10-22(12-18(2,3)25)8-9-23(13)17(24)21-15-11-26-16(20-15)14-6-4-5-7-19-14/h4-7,11,13,25H,8-10,12H2,1-3H3,(H,21,24). The van der Waals surface area contributed by atoms with E-state index in [1.54, 1.807) is 20.0 Å². The third kappa shape index (κ3) is 4.78. The number of aliphatic hydroxyl groups is 1. The van der Waals surface area contributed by atoms with Crippen molar-refractivity contribution in [1.29, 1.82) is 0 Å². The van der Waals surface area contributed by atoms with E-state index < -0.39 is 5.60 Å². The molecular formula is C18H25N5O2S. The van der Waals surface area contributed by atoms with E-state index in [0.29, 0.717) is 18.9 Å². The van der Waals surface area contributed by atoms with Crippen molar-refractivity contribution in [3.63, 3.8) is 0 Å². The van der Waals surface area contributed by atoms with Crippen molar-refractivity contribution in [3.8, 4) is 10.7 Å². The van der Waals surface area contributed by atoms with Crippen molar-refractivity contribution >= 4 is 23.2 Å². The van der Waals surface area contributed by atoms with E-state index in [1.165, 1.54) is 11.3 Å². The maximum Gasteiger partial charge on any atom is 0.323 e. The molecule has 1 aliphatic heterocycles. The van der Waals surface area contributed by atoms with Gasteiger partial charge >= 0.3 is 6.03 Å². The Bertz CT molecular complexity index is 744. The third-order valence-corrected chi connectivity index (χ3v) is 5.07. The number of nitrogens with zero attached hydrogens (tertiary/aromatic N) is 4. The lowest BCUT2D eigenvalue weighted by Crippen LogP contribution is -2.57. The Hall–Kier alpha value is -2.03. The number of hydrogen-bond donors (Lipinski definition) is 2. The van der Waals surface area contributed by atoms with Crippen LogP contribution in [0.2, 0.25) is 0 Å². The second-order valence-corrected chi connectivity index (χ2v) is 8.13. The predicted molar refractivity (Wildman–Crippen MR) is 103 cm³/mol. The van der Waals surface area contributed by atoms with Crippen LogP contribution in [0.15, 0.2) is 29.8 Å². The van der Waals surface area contributed by atoms with Crippen LogP contribution in [0.4, 0.5) is 10.6 Å². The molecule has 0 spiro atoms. The largest absolute Gasteiger partial charge is 0.389 e. The second-order valence-electron chi connectivity index (χ2n) is 7.27. The first-order valence-corrected chi connectivity index (χ1v) is 9.59. The summed E-state index contributed by atoms with van der Waals surface area (Å²) in [5.74, 6) is 0.548. The lowest BCUT2D eigenvalue weighted by atomic mass is 10.1. The van der Waals surface area contributed by atoms with Gasteiger partial charge in [0.05, 0.1) is 11.3 Å². The number of carbonyl (C=O) groups is 1. The first-order chi connectivity index (χ1) is 12.3. The fraction of sp³-hybridized carbons (Fsp3) is 0.500. The minimum atomic E-state index is -0.730. The lowest BCUT2D eigenvalue weighted by Gasteiger charge is -2.41. The summed E-state index contributed by atoms with van der Waals surface area (Å²) >= 11 is 1.46. The number of rotatable bonds is 4. The van der Waals surface area contributed by atoms with Gasteiger partial charge in [0, 0.05) is 43.8 Å². The number of nitrogens with one attached hydrogen (secondary N) is 1. The molecule has 2 amide bonds. The molecule has 2 aromatic rings. The van der Waals surface area contributed by atoms with Crippen molar-refractivity contribution in [1.82, 2.24) is 19.8 Å². The highest BCUT2D eigenvalue weighted by atomic mass is 32.1. The Balaban J connectivity index is 1.58. The maximum absolute atomic E-state index is 12.6. The Morgan fingerprint density at radius 2 is 2.23 bits per heavy atom. The Labute approximate surface area is 157 Å². The Morgan fingerprint density at radius 1 is 1.42 bits per heavy atom. The molecular weight excluding hydrogens is 350 g/mol. The van der Waals surface area contributed by atoms with Gasteiger partial charge in [-0.3, -0.25) is 15.2 Å². The molecule has 0 bridgehead atoms. The number of thiazole rings is 1. The molecule has 2 N–H and O–H groups in total. The zero-order valence-corrected chi connectivity index (χ0v) is 16.2. The minimum absolute atomic E-state index is 0.0694. The molecule has 8 heteroatoms. The smallest absolute Gasteiger partial charge is 0.323 e. The van der Waals surface area contributed by atoms with Gasteiger partial charge in [0.1, 0.15) is 10.8 Å². The van der Waals surface area contributed by atoms with Gasteiger partial charge in [-0.2, -0.15) is 0 Å². The normalized spacial score (nSPS) is 18.8. The van der Waals surface area contributed by atoms with Crippen LogP contribution in [0.1, 0.15) is 20.8 Å². The fourth-order valence-electron chi connectivity index (χ4n) is 3.15. The van der Waals surface area contributed by atoms with Gasteiger partial charge in [-0.1, -0.05) is 6.07 Å². The molecule has 3 heterocycles. The molecule has 1 unspecified atom stereocenters. The van der Waals surface area contributed by atoms with E-state index >= 15 is 0 Å². The van der Waals surface area contributed by atoms with Gasteiger partial charge in [0.2, 0.25) is 0 Å². The summed E-state index contributed by atoms with van der Waals surface area (Å²) in [4.78, 5) is 25.4. The Morgan fingerprint density at radius 3 is 2.88 bits per heavy atom. The van der Waals surface area contributed by atoms with Crippen LogP contribution >= 0.6 is 11.3 Å². The van der Waals surface area contributed by atoms with E-state index in [9.17, 15) is 9.90 Å². The van der Waals surface area contributed by atoms with Crippen LogP contribution in [-0.2, 0) is 0 Å². The number of β-amino-alcohol motifs (C(OH)–C–C–N with tert-alkyl or cyclic N) is 1. The summed E-state index contributed by atoms with van der Waals surface area (Å²) in [6.07, 6.45) is 1.73. The molecule has 0 saturated carbocycles. The highest BCUT2D eigenvalue weighted by molar-refractivity contribution is 7.13. The number of piperazine rings is 1. The Kier molecular flexibility index (Phi) is 5.55. The van der Waals surface area contributed by atoms with E-state index in [2.05, 4.69) is 20.2 Å². The third-order valence-electron chi connectivity index (χ3n) is 4.21. The molecule has 3 rings (SSSR count). The van der Waals surface area contributed by atoms with Gasteiger partial charge in [-0.05, 0) is 32.9 Å². The van der Waals surface area contributed by atoms with E-state index in [4.69, 9.17) is 0 Å². The molecule has 1 fully saturated rings. The van der Waals surface area contributed by atoms with Gasteiger partial charge in [0.15, 0.2) is 0 Å². The van der Waals surface area contributed by atoms with Crippen LogP contribution in [0.3, 0.4) is 0 Å². The SMILES string of the molecule is CC1CN(CC(C)(C)O)CCN1C(=O)Nc1csc(-c2ccccn2)n1. The molecule has 0 radical (unpaired) electrons. The van der Waals surface area contributed by atoms with Crippen molar-refractivity contribution in [3.05, 3.63) is 29.8 Å². The quantitative estimate of drug-likeness (QED) is 0.858. The molecule has 1 aliphatic rings. The van der Waals surface area contributed by atoms with Crippen LogP contribution in [0.5, 0.6) is 0 Å². The highest BCUT2D eigenvalue weighted by Gasteiger charge is 2.30. The van der Waals surface area contributed by atoms with E-state index in [0.717, 1.165) is 23.8 Å². The van der Waals surface area contributed by atoms with Crippen LogP contribution in [0.25, 0.3) is 10.7 Å². The number of amides is 2. The van der Waals surface area contributed by atoms with Crippen molar-refractivity contribution in [2.24, 2.45) is 0 Å². The molecule has 1 saturated heterocycles. The van der Waals surface area contributed by atoms with Crippen molar-refractivity contribution < 1.29 is 9.90 Å². The minimum Gasteiger partial charge on any atom is -0.389 e. The number of hydrogen-bond acceptors (Lipinski definition) is 6. The first kappa shape index (κ1) is 18.8. The number of aromatic nitrogens is 2. The fourth-order valence-corrected chi connectivity index (χ4v) is 3.87. The summed E-state index contributed by atoms with van der Waals surface area (Å²) in [6, 6.07) is 5.60. The molecule has 26 heavy (non-hydrogen) atoms. The van der Waals surface area contributed by atoms with E-state index in [-0.39, 0.29) is 12.1 Å². The number of carbonyl (C=O) groups excluding carboxylic acids is 1. The van der Waals surface area contributed by atoms with Gasteiger partial charge in [-0.25, -0.2) is 9.78 Å². The average molecular weight is 375 g/mol. The summed E-state index contributed by atoms with van der Waals surface area (Å²) < 4.78 is 0. The number of pyridine rings is 1. The van der Waals surface area contributed by atoms with E-state index in [1.807, 2.05) is 35.4 Å². The van der Waals surface area contributed by atoms with Gasteiger partial charge in [0.25, 0.3) is 0 Å². The van der Waals surface area contributed by atoms with Crippen LogP contribution in [0, 0.1) is 0 Å². The van der Waals surface area contributed by atoms with Crippen LogP contribution < -0.4 is 5.32 Å². The van der Waals surface area contributed by atoms with Crippen molar-refractivity contribution in [2.75, 3.05) is 31.5 Å². The zero-order chi connectivity index (χ0) is 18.7. The predicted octanol–water partition coefficient (Wildman–Crippen LogP) is 2.51. The van der Waals surface area contributed by atoms with Gasteiger partial charge in [-0.15, -0.1) is 11.3 Å². The molecule has 0 aromatic carbocycles. The van der Waals surface area contributed by atoms with Crippen molar-refractivity contribution in [2.45, 2.75) is 32.4 Å². The summed E-state index contributed by atoms with van der Waals surface area (Å²) in [5.41, 5.74) is 0.0682. The van der Waals surface area contributed by atoms with Gasteiger partial charge < -0.3 is 10.0 Å². The lowest BCUT2D eigenvalue weighted by molar-refractivity contribution is 0.0130. The molecule has 7 nitrogen and oxygen atoms in total. The summed E-state index contributed by atoms with van der Waals surface area (Å²) in [7, 11) is 0. The molecule has 1 atom stereocenters. The highest BCUT2D eigenvalue weighted by Crippen LogP contribution is 2.24. The molecule has 140 valence electrons. The monoisotopic (exact) mass is 375 g/mol. The zero-order valence-electron chi connectivity index (χ0n) is 15.3. The summed E-state index contributed by atoms with van der Waals surface area (Å²) in [6.45, 7) is 8.35. The average Bonchev–Trinajstić information content (AvgIpc) is 3.02. The van der Waals surface area contributed by atoms with Crippen LogP contribution in [-0.4, -0.2) is 68.7 Å². The molecule has 0 aliphatic carbocycles. The molecule has 2 aromatic heterocycles. The number of anilines is 1. The summed E-state index contributed by atoms with van der Waals surface area (Å²) in [5, 5.41) is 15.5. The topological polar surface area (TPSA) is 81.6 Å². The first-order valence-electron chi connectivity index (χ1n) is 8.71. The second kappa shape index (κ2) is 7.69. The number of urea groups is 1.